The highest BCUT2D eigenvalue weighted by atomic mass is 16.5. The molecule has 0 spiro atoms. The first-order valence-electron chi connectivity index (χ1n) is 5.36. The number of rotatable bonds is 5. The van der Waals surface area contributed by atoms with Crippen LogP contribution in [0.1, 0.15) is 33.6 Å². The summed E-state index contributed by atoms with van der Waals surface area (Å²) in [6.07, 6.45) is 2.40. The Morgan fingerprint density at radius 3 is 2.38 bits per heavy atom. The van der Waals surface area contributed by atoms with E-state index in [2.05, 4.69) is 26.1 Å². The van der Waals surface area contributed by atoms with Crippen LogP contribution >= 0.6 is 0 Å². The molecule has 1 N–H and O–H groups in total. The molecule has 1 saturated heterocycles. The molecule has 0 aromatic heterocycles. The molecule has 0 amide bonds. The van der Waals surface area contributed by atoms with Gasteiger partial charge in [-0.2, -0.15) is 0 Å². The molecule has 1 fully saturated rings. The minimum Gasteiger partial charge on any atom is -0.381 e. The molecule has 1 aliphatic rings. The molecule has 0 radical (unpaired) electrons. The maximum Gasteiger partial charge on any atom is 0.0471 e. The summed E-state index contributed by atoms with van der Waals surface area (Å²) < 4.78 is 5.59. The van der Waals surface area contributed by atoms with Crippen molar-refractivity contribution in [3.8, 4) is 0 Å². The molecule has 0 atom stereocenters. The smallest absolute Gasteiger partial charge is 0.0471 e. The van der Waals surface area contributed by atoms with E-state index < -0.39 is 0 Å². The average Bonchev–Trinajstić information content (AvgIpc) is 1.90. The Balaban J connectivity index is 1.83. The molecular formula is C11H23NO. The summed E-state index contributed by atoms with van der Waals surface area (Å²) in [4.78, 5) is 0. The second kappa shape index (κ2) is 4.97. The van der Waals surface area contributed by atoms with E-state index in [0.29, 0.717) is 5.41 Å². The summed E-state index contributed by atoms with van der Waals surface area (Å²) in [5.74, 6) is 0.884. The Bertz CT molecular complexity index is 136. The highest BCUT2D eigenvalue weighted by Crippen LogP contribution is 2.18. The molecule has 1 rings (SSSR count). The first-order valence-corrected chi connectivity index (χ1v) is 5.36. The van der Waals surface area contributed by atoms with Gasteiger partial charge < -0.3 is 10.1 Å². The van der Waals surface area contributed by atoms with E-state index in [4.69, 9.17) is 4.74 Å². The zero-order valence-corrected chi connectivity index (χ0v) is 9.23. The molecule has 0 aliphatic carbocycles. The predicted molar refractivity (Wildman–Crippen MR) is 55.9 cm³/mol. The van der Waals surface area contributed by atoms with Crippen LogP contribution in [0.3, 0.4) is 0 Å². The first kappa shape index (κ1) is 11.0. The largest absolute Gasteiger partial charge is 0.381 e. The van der Waals surface area contributed by atoms with Crippen LogP contribution in [-0.4, -0.2) is 26.3 Å². The summed E-state index contributed by atoms with van der Waals surface area (Å²) in [5.41, 5.74) is 0.415. The van der Waals surface area contributed by atoms with Gasteiger partial charge in [0.15, 0.2) is 0 Å². The van der Waals surface area contributed by atoms with Crippen molar-refractivity contribution < 1.29 is 4.74 Å². The molecule has 0 saturated carbocycles. The van der Waals surface area contributed by atoms with Crippen molar-refractivity contribution in [2.45, 2.75) is 33.6 Å². The van der Waals surface area contributed by atoms with Gasteiger partial charge in [-0.1, -0.05) is 20.8 Å². The van der Waals surface area contributed by atoms with E-state index >= 15 is 0 Å². The SMILES string of the molecule is CC(C)(C)CCOCCC1CNC1. The van der Waals surface area contributed by atoms with Crippen LogP contribution < -0.4 is 5.32 Å². The van der Waals surface area contributed by atoms with Crippen LogP contribution in [0.4, 0.5) is 0 Å². The molecule has 0 aromatic rings. The van der Waals surface area contributed by atoms with Crippen molar-refractivity contribution in [3.63, 3.8) is 0 Å². The molecule has 1 aliphatic heterocycles. The Morgan fingerprint density at radius 1 is 1.23 bits per heavy atom. The number of nitrogens with one attached hydrogen (secondary N) is 1. The van der Waals surface area contributed by atoms with Gasteiger partial charge in [0.1, 0.15) is 0 Å². The summed E-state index contributed by atoms with van der Waals surface area (Å²) in [6.45, 7) is 11.0. The van der Waals surface area contributed by atoms with Crippen LogP contribution in [-0.2, 0) is 4.74 Å². The minimum atomic E-state index is 0.415. The maximum absolute atomic E-state index is 5.59. The quantitative estimate of drug-likeness (QED) is 0.662. The van der Waals surface area contributed by atoms with Gasteiger partial charge in [-0.15, -0.1) is 0 Å². The van der Waals surface area contributed by atoms with Crippen LogP contribution in [0, 0.1) is 11.3 Å². The Hall–Kier alpha value is -0.0800. The van der Waals surface area contributed by atoms with E-state index in [1.165, 1.54) is 19.5 Å². The summed E-state index contributed by atoms with van der Waals surface area (Å²) in [5, 5.41) is 3.27. The number of hydrogen-bond acceptors (Lipinski definition) is 2. The van der Waals surface area contributed by atoms with Crippen molar-refractivity contribution in [1.82, 2.24) is 5.32 Å². The van der Waals surface area contributed by atoms with Crippen molar-refractivity contribution >= 4 is 0 Å². The number of hydrogen-bond donors (Lipinski definition) is 1. The lowest BCUT2D eigenvalue weighted by Gasteiger charge is -2.27. The van der Waals surface area contributed by atoms with Gasteiger partial charge in [0.25, 0.3) is 0 Å². The van der Waals surface area contributed by atoms with E-state index in [1.807, 2.05) is 0 Å². The Labute approximate surface area is 82.0 Å². The fraction of sp³-hybridized carbons (Fsp3) is 1.00. The maximum atomic E-state index is 5.59. The molecule has 2 nitrogen and oxygen atoms in total. The van der Waals surface area contributed by atoms with E-state index in [1.54, 1.807) is 0 Å². The summed E-state index contributed by atoms with van der Waals surface area (Å²) in [6, 6.07) is 0. The monoisotopic (exact) mass is 185 g/mol. The standard InChI is InChI=1S/C11H23NO/c1-11(2,3)5-7-13-6-4-10-8-12-9-10/h10,12H,4-9H2,1-3H3. The van der Waals surface area contributed by atoms with Crippen molar-refractivity contribution in [2.75, 3.05) is 26.3 Å². The summed E-state index contributed by atoms with van der Waals surface area (Å²) >= 11 is 0. The zero-order chi connectivity index (χ0) is 9.73. The predicted octanol–water partition coefficient (Wildman–Crippen LogP) is 2.05. The first-order chi connectivity index (χ1) is 6.08. The normalized spacial score (nSPS) is 18.7. The lowest BCUT2D eigenvalue weighted by atomic mass is 9.93. The molecular weight excluding hydrogens is 162 g/mol. The highest BCUT2D eigenvalue weighted by molar-refractivity contribution is 4.73. The third-order valence-corrected chi connectivity index (χ3v) is 2.53. The second-order valence-electron chi connectivity index (χ2n) is 5.24. The third-order valence-electron chi connectivity index (χ3n) is 2.53. The van der Waals surface area contributed by atoms with Crippen LogP contribution in [0.15, 0.2) is 0 Å². The van der Waals surface area contributed by atoms with Gasteiger partial charge >= 0.3 is 0 Å². The minimum absolute atomic E-state index is 0.415. The van der Waals surface area contributed by atoms with Gasteiger partial charge in [0, 0.05) is 13.2 Å². The van der Waals surface area contributed by atoms with Crippen molar-refractivity contribution in [2.24, 2.45) is 11.3 Å². The van der Waals surface area contributed by atoms with Crippen LogP contribution in [0.5, 0.6) is 0 Å². The fourth-order valence-electron chi connectivity index (χ4n) is 1.28. The third kappa shape index (κ3) is 5.27. The fourth-order valence-corrected chi connectivity index (χ4v) is 1.28. The molecule has 1 heterocycles. The second-order valence-corrected chi connectivity index (χ2v) is 5.24. The van der Waals surface area contributed by atoms with Crippen LogP contribution in [0.25, 0.3) is 0 Å². The highest BCUT2D eigenvalue weighted by Gasteiger charge is 2.16. The van der Waals surface area contributed by atoms with Crippen LogP contribution in [0.2, 0.25) is 0 Å². The Kier molecular flexibility index (Phi) is 4.20. The zero-order valence-electron chi connectivity index (χ0n) is 9.23. The van der Waals surface area contributed by atoms with Gasteiger partial charge in [0.05, 0.1) is 0 Å². The molecule has 78 valence electrons. The van der Waals surface area contributed by atoms with E-state index in [0.717, 1.165) is 25.6 Å². The molecule has 0 aromatic carbocycles. The topological polar surface area (TPSA) is 21.3 Å². The average molecular weight is 185 g/mol. The van der Waals surface area contributed by atoms with Gasteiger partial charge in [-0.25, -0.2) is 0 Å². The van der Waals surface area contributed by atoms with Gasteiger partial charge in [-0.3, -0.25) is 0 Å². The lowest BCUT2D eigenvalue weighted by molar-refractivity contribution is 0.0908. The molecule has 0 unspecified atom stereocenters. The van der Waals surface area contributed by atoms with Gasteiger partial charge in [-0.05, 0) is 37.3 Å². The molecule has 2 heteroatoms. The van der Waals surface area contributed by atoms with Crippen molar-refractivity contribution in [3.05, 3.63) is 0 Å². The van der Waals surface area contributed by atoms with Gasteiger partial charge in [0.2, 0.25) is 0 Å². The number of ether oxygens (including phenoxy) is 1. The summed E-state index contributed by atoms with van der Waals surface area (Å²) in [7, 11) is 0. The van der Waals surface area contributed by atoms with E-state index in [9.17, 15) is 0 Å². The molecule has 0 bridgehead atoms. The Morgan fingerprint density at radius 2 is 1.92 bits per heavy atom. The van der Waals surface area contributed by atoms with E-state index in [-0.39, 0.29) is 0 Å². The lowest BCUT2D eigenvalue weighted by Crippen LogP contribution is -2.42. The molecule has 13 heavy (non-hydrogen) atoms. The van der Waals surface area contributed by atoms with Crippen molar-refractivity contribution in [1.29, 1.82) is 0 Å².